The second-order valence-electron chi connectivity index (χ2n) is 13.1. The summed E-state index contributed by atoms with van der Waals surface area (Å²) >= 11 is 0. The van der Waals surface area contributed by atoms with E-state index < -0.39 is 0 Å². The average molecular weight is 743 g/mol. The van der Waals surface area contributed by atoms with Crippen LogP contribution in [-0.2, 0) is 31.3 Å². The van der Waals surface area contributed by atoms with E-state index in [2.05, 4.69) is 151 Å². The van der Waals surface area contributed by atoms with Crippen LogP contribution in [0, 0.1) is 40.5 Å². The Bertz CT molecular complexity index is 1690. The molecule has 224 valence electrons. The van der Waals surface area contributed by atoms with E-state index in [0.717, 1.165) is 12.8 Å². The van der Waals surface area contributed by atoms with Crippen LogP contribution in [0.5, 0.6) is 0 Å². The standard InChI is InChI=1S/C41H42.2CH3.Hf/c1-27(2)25-41(26-28(3)4,35-21-33-15-9-17-37(39(33)23-35)31-13-7-11-29(5)19-31)36-22-34-16-10-18-38(40(34)24-36)32-14-8-12-30(6)20-32;;;/h7-24,27-28H,25-26H2,1-6H3;2*1H3;/q-2;2*-1;+4. The Kier molecular flexibility index (Phi) is 11.6. The normalized spacial score (nSPS) is 11.5. The first-order valence-electron chi connectivity index (χ1n) is 15.3. The molecule has 0 heterocycles. The minimum Gasteiger partial charge on any atom is -0.358 e. The summed E-state index contributed by atoms with van der Waals surface area (Å²) in [6, 6.07) is 41.5. The fourth-order valence-electron chi connectivity index (χ4n) is 7.27. The predicted molar refractivity (Wildman–Crippen MR) is 192 cm³/mol. The fraction of sp³-hybridized carbons (Fsp3) is 0.256. The molecule has 0 spiro atoms. The Hall–Kier alpha value is -3.03. The Morgan fingerprint density at radius 1 is 0.545 bits per heavy atom. The Morgan fingerprint density at radius 2 is 0.932 bits per heavy atom. The van der Waals surface area contributed by atoms with Crippen LogP contribution >= 0.6 is 0 Å². The molecule has 0 N–H and O–H groups in total. The van der Waals surface area contributed by atoms with Crippen molar-refractivity contribution in [2.24, 2.45) is 11.8 Å². The van der Waals surface area contributed by atoms with Gasteiger partial charge in [-0.1, -0.05) is 111 Å². The third-order valence-corrected chi connectivity index (χ3v) is 8.78. The molecule has 0 radical (unpaired) electrons. The Morgan fingerprint density at radius 3 is 1.30 bits per heavy atom. The quantitative estimate of drug-likeness (QED) is 0.108. The maximum absolute atomic E-state index is 2.52. The van der Waals surface area contributed by atoms with Crippen molar-refractivity contribution in [3.63, 3.8) is 0 Å². The topological polar surface area (TPSA) is 0 Å². The summed E-state index contributed by atoms with van der Waals surface area (Å²) in [5, 5.41) is 5.41. The third kappa shape index (κ3) is 6.79. The van der Waals surface area contributed by atoms with E-state index in [1.807, 2.05) is 0 Å². The Balaban J connectivity index is 0.00000176. The summed E-state index contributed by atoms with van der Waals surface area (Å²) in [5.74, 6) is 1.13. The molecule has 0 saturated carbocycles. The number of aryl methyl sites for hydroxylation is 2. The van der Waals surface area contributed by atoms with Gasteiger partial charge in [0.1, 0.15) is 0 Å². The molecule has 0 aliphatic heterocycles. The van der Waals surface area contributed by atoms with Crippen LogP contribution in [0.1, 0.15) is 62.8 Å². The van der Waals surface area contributed by atoms with Gasteiger partial charge in [-0.15, -0.1) is 69.1 Å². The average Bonchev–Trinajstić information content (AvgIpc) is 3.57. The Labute approximate surface area is 286 Å². The summed E-state index contributed by atoms with van der Waals surface area (Å²) in [6.45, 7) is 13.9. The van der Waals surface area contributed by atoms with Crippen LogP contribution in [0.25, 0.3) is 43.8 Å². The molecule has 0 amide bonds. The largest absolute Gasteiger partial charge is 4.00 e. The number of benzene rings is 4. The molecular weight excluding hydrogens is 695 g/mol. The second-order valence-corrected chi connectivity index (χ2v) is 13.1. The van der Waals surface area contributed by atoms with Crippen molar-refractivity contribution in [2.75, 3.05) is 0 Å². The number of fused-ring (bicyclic) bond motifs is 2. The maximum Gasteiger partial charge on any atom is 4.00 e. The van der Waals surface area contributed by atoms with E-state index in [-0.39, 0.29) is 46.1 Å². The van der Waals surface area contributed by atoms with Crippen LogP contribution in [0.4, 0.5) is 0 Å². The molecule has 44 heavy (non-hydrogen) atoms. The van der Waals surface area contributed by atoms with Gasteiger partial charge < -0.3 is 14.9 Å². The van der Waals surface area contributed by atoms with E-state index in [0.29, 0.717) is 11.8 Å². The van der Waals surface area contributed by atoms with Gasteiger partial charge >= 0.3 is 25.8 Å². The molecule has 0 aliphatic carbocycles. The van der Waals surface area contributed by atoms with Crippen molar-refractivity contribution in [3.8, 4) is 22.3 Å². The number of hydrogen-bond acceptors (Lipinski definition) is 0. The van der Waals surface area contributed by atoms with E-state index in [1.54, 1.807) is 0 Å². The zero-order valence-electron chi connectivity index (χ0n) is 28.0. The summed E-state index contributed by atoms with van der Waals surface area (Å²) < 4.78 is 0. The van der Waals surface area contributed by atoms with Gasteiger partial charge in [0, 0.05) is 0 Å². The number of hydrogen-bond donors (Lipinski definition) is 0. The molecule has 0 aromatic heterocycles. The van der Waals surface area contributed by atoms with Crippen LogP contribution in [0.15, 0.2) is 109 Å². The van der Waals surface area contributed by atoms with Crippen LogP contribution in [0.2, 0.25) is 0 Å². The van der Waals surface area contributed by atoms with Gasteiger partial charge in [-0.2, -0.15) is 12.1 Å². The molecule has 0 fully saturated rings. The minimum absolute atomic E-state index is 0. The molecule has 1 heteroatoms. The number of rotatable bonds is 8. The zero-order chi connectivity index (χ0) is 28.7. The van der Waals surface area contributed by atoms with E-state index in [9.17, 15) is 0 Å². The van der Waals surface area contributed by atoms with Gasteiger partial charge in [0.2, 0.25) is 0 Å². The van der Waals surface area contributed by atoms with Crippen LogP contribution in [0.3, 0.4) is 0 Å². The zero-order valence-corrected chi connectivity index (χ0v) is 31.6. The molecule has 0 nitrogen and oxygen atoms in total. The van der Waals surface area contributed by atoms with Gasteiger partial charge in [0.25, 0.3) is 0 Å². The summed E-state index contributed by atoms with van der Waals surface area (Å²) in [6.07, 6.45) is 2.24. The molecule has 6 aromatic rings. The van der Waals surface area contributed by atoms with Gasteiger partial charge in [0.15, 0.2) is 0 Å². The monoisotopic (exact) mass is 744 g/mol. The molecule has 0 bridgehead atoms. The van der Waals surface area contributed by atoms with E-state index >= 15 is 0 Å². The summed E-state index contributed by atoms with van der Waals surface area (Å²) in [7, 11) is 0. The van der Waals surface area contributed by atoms with Crippen LogP contribution in [-0.4, -0.2) is 0 Å². The SMILES string of the molecule is Cc1cccc(-c2cccc3[cH-]c(C(CC(C)C)(CC(C)C)c4cc5c(-c6cccc(C)c6)cccc5[cH-]4)cc23)c1.[CH3-].[CH3-].[Hf+4]. The van der Waals surface area contributed by atoms with Gasteiger partial charge in [-0.05, 0) is 55.1 Å². The van der Waals surface area contributed by atoms with Crippen molar-refractivity contribution in [1.82, 2.24) is 0 Å². The third-order valence-electron chi connectivity index (χ3n) is 8.78. The first kappa shape index (κ1) is 35.4. The maximum atomic E-state index is 2.52. The smallest absolute Gasteiger partial charge is 0.358 e. The molecule has 0 atom stereocenters. The van der Waals surface area contributed by atoms with E-state index in [4.69, 9.17) is 0 Å². The first-order chi connectivity index (χ1) is 19.7. The van der Waals surface area contributed by atoms with Gasteiger partial charge in [-0.25, -0.2) is 0 Å². The van der Waals surface area contributed by atoms with Crippen molar-refractivity contribution in [1.29, 1.82) is 0 Å². The van der Waals surface area contributed by atoms with Crippen molar-refractivity contribution >= 4 is 21.5 Å². The van der Waals surface area contributed by atoms with Crippen molar-refractivity contribution in [2.45, 2.75) is 59.8 Å². The summed E-state index contributed by atoms with van der Waals surface area (Å²) in [5.41, 5.74) is 10.7. The fourth-order valence-corrected chi connectivity index (χ4v) is 7.27. The first-order valence-corrected chi connectivity index (χ1v) is 15.3. The molecule has 6 rings (SSSR count). The van der Waals surface area contributed by atoms with Crippen molar-refractivity contribution in [3.05, 3.63) is 146 Å². The molecule has 6 aromatic carbocycles. The van der Waals surface area contributed by atoms with Crippen LogP contribution < -0.4 is 0 Å². The van der Waals surface area contributed by atoms with Gasteiger partial charge in [-0.3, -0.25) is 0 Å². The van der Waals surface area contributed by atoms with E-state index in [1.165, 1.54) is 66.1 Å². The molecule has 0 saturated heterocycles. The molecule has 0 aliphatic rings. The molecular formula is C43H48Hf. The minimum atomic E-state index is -0.0614. The predicted octanol–water partition coefficient (Wildman–Crippen LogP) is 12.7. The second kappa shape index (κ2) is 14.4. The molecule has 0 unspecified atom stereocenters. The summed E-state index contributed by atoms with van der Waals surface area (Å²) in [4.78, 5) is 0. The van der Waals surface area contributed by atoms with Crippen molar-refractivity contribution < 1.29 is 25.8 Å². The van der Waals surface area contributed by atoms with Gasteiger partial charge in [0.05, 0.1) is 0 Å².